The van der Waals surface area contributed by atoms with Gasteiger partial charge in [-0.3, -0.25) is 14.3 Å². The van der Waals surface area contributed by atoms with E-state index in [2.05, 4.69) is 33.0 Å². The Morgan fingerprint density at radius 3 is 2.32 bits per heavy atom. The van der Waals surface area contributed by atoms with Crippen molar-refractivity contribution in [3.63, 3.8) is 0 Å². The lowest BCUT2D eigenvalue weighted by atomic mass is 9.99. The van der Waals surface area contributed by atoms with Gasteiger partial charge < -0.3 is 4.90 Å². The second kappa shape index (κ2) is 6.84. The molecule has 0 aromatic heterocycles. The number of rotatable bonds is 6. The molecule has 1 heterocycles. The predicted octanol–water partition coefficient (Wildman–Crippen LogP) is 1.58. The first-order chi connectivity index (χ1) is 8.79. The van der Waals surface area contributed by atoms with E-state index in [4.69, 9.17) is 0 Å². The molecule has 1 saturated heterocycles. The number of nitrogens with zero attached hydrogens (tertiary/aromatic N) is 1. The monoisotopic (exact) mass is 288 g/mol. The second-order valence-corrected chi connectivity index (χ2v) is 7.53. The third-order valence-corrected chi connectivity index (χ3v) is 4.92. The van der Waals surface area contributed by atoms with Crippen LogP contribution >= 0.6 is 0 Å². The molecule has 1 fully saturated rings. The number of nitrogens with one attached hydrogen (secondary N) is 1. The van der Waals surface area contributed by atoms with Gasteiger partial charge in [0.05, 0.1) is 12.2 Å². The van der Waals surface area contributed by atoms with Crippen LogP contribution in [0.25, 0.3) is 0 Å². The molecular formula is C14H28N2O2S. The van der Waals surface area contributed by atoms with Gasteiger partial charge in [0.25, 0.3) is 0 Å². The summed E-state index contributed by atoms with van der Waals surface area (Å²) in [6, 6.07) is -0.0718. The number of amides is 1. The van der Waals surface area contributed by atoms with Crippen molar-refractivity contribution in [1.82, 2.24) is 10.2 Å². The van der Waals surface area contributed by atoms with Gasteiger partial charge in [-0.15, -0.1) is 0 Å². The van der Waals surface area contributed by atoms with Gasteiger partial charge in [-0.2, -0.15) is 0 Å². The molecule has 0 aromatic rings. The number of carbonyl (C=O) groups is 1. The zero-order chi connectivity index (χ0) is 14.7. The molecule has 0 aromatic carbocycles. The van der Waals surface area contributed by atoms with Crippen LogP contribution in [0.5, 0.6) is 0 Å². The predicted molar refractivity (Wildman–Crippen MR) is 80.2 cm³/mol. The topological polar surface area (TPSA) is 49.4 Å². The maximum atomic E-state index is 12.6. The van der Waals surface area contributed by atoms with E-state index in [0.717, 1.165) is 6.42 Å². The van der Waals surface area contributed by atoms with E-state index in [9.17, 15) is 9.00 Å². The fourth-order valence-corrected chi connectivity index (χ4v) is 3.54. The van der Waals surface area contributed by atoms with Gasteiger partial charge in [0.2, 0.25) is 5.91 Å². The van der Waals surface area contributed by atoms with Crippen molar-refractivity contribution < 1.29 is 9.00 Å². The van der Waals surface area contributed by atoms with Gasteiger partial charge in [-0.1, -0.05) is 34.1 Å². The average molecular weight is 288 g/mol. The molecule has 0 aliphatic carbocycles. The zero-order valence-corrected chi connectivity index (χ0v) is 13.8. The Labute approximate surface area is 119 Å². The summed E-state index contributed by atoms with van der Waals surface area (Å²) < 4.78 is 11.4. The van der Waals surface area contributed by atoms with Gasteiger partial charge in [0.1, 0.15) is 0 Å². The van der Waals surface area contributed by atoms with Crippen LogP contribution < -0.4 is 5.32 Å². The minimum absolute atomic E-state index is 0.0206. The van der Waals surface area contributed by atoms with Crippen LogP contribution in [0.1, 0.15) is 41.0 Å². The van der Waals surface area contributed by atoms with E-state index >= 15 is 0 Å². The highest BCUT2D eigenvalue weighted by atomic mass is 32.2. The molecule has 112 valence electrons. The molecule has 19 heavy (non-hydrogen) atoms. The molecular weight excluding hydrogens is 260 g/mol. The van der Waals surface area contributed by atoms with E-state index in [1.165, 1.54) is 0 Å². The third kappa shape index (κ3) is 3.78. The summed E-state index contributed by atoms with van der Waals surface area (Å²) >= 11 is 0. The van der Waals surface area contributed by atoms with Crippen molar-refractivity contribution in [3.05, 3.63) is 0 Å². The highest BCUT2D eigenvalue weighted by Gasteiger charge is 2.44. The minimum Gasteiger partial charge on any atom is -0.322 e. The van der Waals surface area contributed by atoms with Crippen molar-refractivity contribution in [3.8, 4) is 0 Å². The zero-order valence-electron chi connectivity index (χ0n) is 13.0. The number of hydrogen-bond donors (Lipinski definition) is 1. The van der Waals surface area contributed by atoms with Crippen molar-refractivity contribution in [1.29, 1.82) is 0 Å². The molecule has 1 aliphatic heterocycles. The standard InChI is InChI=1S/C14H28N2O2S/c1-7-10(4)12-14(17)16(11(5)8-19(6)18)13(15-12)9(2)3/h9-13,15H,7-8H2,1-6H3. The Kier molecular flexibility index (Phi) is 5.99. The van der Waals surface area contributed by atoms with Gasteiger partial charge in [-0.05, 0) is 18.8 Å². The summed E-state index contributed by atoms with van der Waals surface area (Å²) in [7, 11) is -0.880. The first-order valence-electron chi connectivity index (χ1n) is 7.17. The van der Waals surface area contributed by atoms with Crippen LogP contribution in [-0.2, 0) is 15.6 Å². The summed E-state index contributed by atoms with van der Waals surface area (Å²) in [5.41, 5.74) is 0. The number of carbonyl (C=O) groups excluding carboxylic acids is 1. The lowest BCUT2D eigenvalue weighted by Gasteiger charge is -2.32. The van der Waals surface area contributed by atoms with Crippen LogP contribution in [0, 0.1) is 11.8 Å². The Balaban J connectivity index is 2.91. The summed E-state index contributed by atoms with van der Waals surface area (Å²) in [4.78, 5) is 14.5. The Hall–Kier alpha value is -0.420. The normalized spacial score (nSPS) is 28.8. The molecule has 4 nitrogen and oxygen atoms in total. The van der Waals surface area contributed by atoms with Gasteiger partial charge in [0, 0.05) is 28.9 Å². The van der Waals surface area contributed by atoms with Crippen LogP contribution in [-0.4, -0.2) is 45.3 Å². The molecule has 1 rings (SSSR count). The maximum absolute atomic E-state index is 12.6. The largest absolute Gasteiger partial charge is 0.322 e. The lowest BCUT2D eigenvalue weighted by molar-refractivity contribution is -0.132. The fourth-order valence-electron chi connectivity index (χ4n) is 2.70. The Morgan fingerprint density at radius 1 is 1.32 bits per heavy atom. The van der Waals surface area contributed by atoms with Crippen LogP contribution in [0.3, 0.4) is 0 Å². The maximum Gasteiger partial charge on any atom is 0.241 e. The SMILES string of the molecule is CCC(C)C1NC(C(C)C)N(C(C)CS(C)=O)C1=O. The number of hydrogen-bond acceptors (Lipinski definition) is 3. The van der Waals surface area contributed by atoms with Crippen molar-refractivity contribution in [2.75, 3.05) is 12.0 Å². The van der Waals surface area contributed by atoms with E-state index in [1.807, 2.05) is 11.8 Å². The van der Waals surface area contributed by atoms with Gasteiger partial charge >= 0.3 is 0 Å². The molecule has 0 radical (unpaired) electrons. The smallest absolute Gasteiger partial charge is 0.241 e. The second-order valence-electron chi connectivity index (χ2n) is 6.05. The highest BCUT2D eigenvalue weighted by molar-refractivity contribution is 7.84. The third-order valence-electron chi connectivity index (χ3n) is 3.97. The minimum atomic E-state index is -0.880. The molecule has 1 N–H and O–H groups in total. The first kappa shape index (κ1) is 16.6. The van der Waals surface area contributed by atoms with E-state index in [-0.39, 0.29) is 24.2 Å². The Bertz CT molecular complexity index is 346. The molecule has 5 atom stereocenters. The van der Waals surface area contributed by atoms with E-state index < -0.39 is 10.8 Å². The average Bonchev–Trinajstić information content (AvgIpc) is 2.65. The first-order valence-corrected chi connectivity index (χ1v) is 8.90. The molecule has 0 saturated carbocycles. The van der Waals surface area contributed by atoms with E-state index in [1.54, 1.807) is 6.26 Å². The van der Waals surface area contributed by atoms with E-state index in [0.29, 0.717) is 17.6 Å². The molecule has 0 bridgehead atoms. The van der Waals surface area contributed by atoms with Gasteiger partial charge in [0.15, 0.2) is 0 Å². The fraction of sp³-hybridized carbons (Fsp3) is 0.929. The van der Waals surface area contributed by atoms with Gasteiger partial charge in [-0.25, -0.2) is 0 Å². The summed E-state index contributed by atoms with van der Waals surface area (Å²) in [6.45, 7) is 10.4. The van der Waals surface area contributed by atoms with Crippen molar-refractivity contribution in [2.24, 2.45) is 11.8 Å². The van der Waals surface area contributed by atoms with Crippen molar-refractivity contribution >= 4 is 16.7 Å². The molecule has 1 aliphatic rings. The summed E-state index contributed by atoms with van der Waals surface area (Å²) in [5, 5.41) is 3.47. The van der Waals surface area contributed by atoms with Crippen LogP contribution in [0.2, 0.25) is 0 Å². The summed E-state index contributed by atoms with van der Waals surface area (Å²) in [5.74, 6) is 1.40. The quantitative estimate of drug-likeness (QED) is 0.807. The van der Waals surface area contributed by atoms with Crippen LogP contribution in [0.4, 0.5) is 0 Å². The molecule has 5 heteroatoms. The van der Waals surface area contributed by atoms with Crippen molar-refractivity contribution in [2.45, 2.75) is 59.3 Å². The summed E-state index contributed by atoms with van der Waals surface area (Å²) in [6.07, 6.45) is 2.74. The highest BCUT2D eigenvalue weighted by Crippen LogP contribution is 2.25. The Morgan fingerprint density at radius 2 is 1.89 bits per heavy atom. The molecule has 1 amide bonds. The lowest BCUT2D eigenvalue weighted by Crippen LogP contribution is -2.48. The molecule has 5 unspecified atom stereocenters. The molecule has 0 spiro atoms. The van der Waals surface area contributed by atoms with Crippen LogP contribution in [0.15, 0.2) is 0 Å².